The van der Waals surface area contributed by atoms with Crippen LogP contribution in [-0.4, -0.2) is 21.2 Å². The van der Waals surface area contributed by atoms with Crippen LogP contribution < -0.4 is 0 Å². The second kappa shape index (κ2) is 11.7. The Morgan fingerprint density at radius 2 is 1.73 bits per heavy atom. The van der Waals surface area contributed by atoms with Gasteiger partial charge in [0.25, 0.3) is 0 Å². The molecule has 0 radical (unpaired) electrons. The number of fused-ring (bicyclic) bond motifs is 5. The zero-order valence-electron chi connectivity index (χ0n) is 25.0. The van der Waals surface area contributed by atoms with E-state index in [0.29, 0.717) is 22.6 Å². The minimum Gasteiger partial charge on any atom is -0.462 e. The fourth-order valence-electron chi connectivity index (χ4n) is 9.94. The lowest BCUT2D eigenvalue weighted by atomic mass is 9.44. The molecule has 4 rings (SSSR count). The Morgan fingerprint density at radius 3 is 2.41 bits per heavy atom. The number of carbonyl (C=O) groups excluding carboxylic acids is 1. The maximum absolute atomic E-state index is 12.6. The van der Waals surface area contributed by atoms with Gasteiger partial charge in [-0.1, -0.05) is 106 Å². The summed E-state index contributed by atoms with van der Waals surface area (Å²) in [5.41, 5.74) is 0.780. The van der Waals surface area contributed by atoms with Gasteiger partial charge in [-0.2, -0.15) is 0 Å². The molecule has 4 heteroatoms. The first kappa shape index (κ1) is 30.4. The van der Waals surface area contributed by atoms with Gasteiger partial charge in [-0.05, 0) is 97.2 Å². The summed E-state index contributed by atoms with van der Waals surface area (Å²) in [4.78, 5) is 13.1. The van der Waals surface area contributed by atoms with Crippen molar-refractivity contribution in [3.05, 3.63) is 0 Å². The van der Waals surface area contributed by atoms with Crippen LogP contribution in [0.1, 0.15) is 132 Å². The molecule has 0 saturated heterocycles. The molecule has 37 heavy (non-hydrogen) atoms. The van der Waals surface area contributed by atoms with E-state index in [2.05, 4.69) is 80.3 Å². The number of ether oxygens (including phenoxy) is 1. The van der Waals surface area contributed by atoms with Crippen LogP contribution in [0, 0.1) is 52.3 Å². The van der Waals surface area contributed by atoms with Gasteiger partial charge >= 0.3 is 5.97 Å². The molecule has 0 heterocycles. The lowest BCUT2D eigenvalue weighted by Crippen LogP contribution is -2.64. The zero-order valence-corrected chi connectivity index (χ0v) is 28.1. The molecule has 4 fully saturated rings. The Balaban J connectivity index is 1.46. The zero-order chi connectivity index (χ0) is 27.2. The van der Waals surface area contributed by atoms with E-state index in [1.54, 1.807) is 0 Å². The maximum Gasteiger partial charge on any atom is 0.306 e. The number of halogens is 2. The van der Waals surface area contributed by atoms with E-state index in [9.17, 15) is 4.79 Å². The van der Waals surface area contributed by atoms with Gasteiger partial charge in [0.15, 0.2) is 0 Å². The molecular weight excluding hydrogens is 588 g/mol. The van der Waals surface area contributed by atoms with Crippen LogP contribution in [0.3, 0.4) is 0 Å². The number of carbonyl (C=O) groups is 1. The third kappa shape index (κ3) is 5.65. The smallest absolute Gasteiger partial charge is 0.306 e. The first-order valence-corrected chi connectivity index (χ1v) is 17.6. The second-order valence-corrected chi connectivity index (χ2v) is 17.5. The lowest BCUT2D eigenvalue weighted by molar-refractivity contribution is -0.159. The highest BCUT2D eigenvalue weighted by molar-refractivity contribution is 9.12. The fourth-order valence-corrected chi connectivity index (χ4v) is 12.1. The van der Waals surface area contributed by atoms with Crippen LogP contribution >= 0.6 is 31.9 Å². The molecule has 214 valence electrons. The summed E-state index contributed by atoms with van der Waals surface area (Å²) < 4.78 is 6.10. The van der Waals surface area contributed by atoms with Gasteiger partial charge in [-0.3, -0.25) is 4.79 Å². The average molecular weight is 645 g/mol. The molecule has 0 aromatic rings. The largest absolute Gasteiger partial charge is 0.462 e. The SMILES string of the molecule is CC[C@@H](C)CC(=O)O[C@@H]1CC[C@]2(C)[C@H]3CC[C@]4(C)[C@@H]([C@@H](C)CCCC(C)C)CC[C@H]4[C@@H]3C[C@H](Br)[C@]2(Br)C1. The Morgan fingerprint density at radius 1 is 1.00 bits per heavy atom. The molecule has 0 N–H and O–H groups in total. The van der Waals surface area contributed by atoms with E-state index in [1.165, 1.54) is 57.8 Å². The summed E-state index contributed by atoms with van der Waals surface area (Å²) in [7, 11) is 0. The number of hydrogen-bond donors (Lipinski definition) is 0. The lowest BCUT2D eigenvalue weighted by Gasteiger charge is -2.66. The number of alkyl halides is 2. The van der Waals surface area contributed by atoms with Gasteiger partial charge in [0.05, 0.1) is 0 Å². The summed E-state index contributed by atoms with van der Waals surface area (Å²) in [6.45, 7) is 16.9. The van der Waals surface area contributed by atoms with E-state index < -0.39 is 0 Å². The van der Waals surface area contributed by atoms with E-state index in [1.807, 2.05) is 0 Å². The summed E-state index contributed by atoms with van der Waals surface area (Å²) in [6.07, 6.45) is 15.9. The summed E-state index contributed by atoms with van der Waals surface area (Å²) in [5.74, 6) is 5.50. The summed E-state index contributed by atoms with van der Waals surface area (Å²) in [5, 5.41) is 0. The van der Waals surface area contributed by atoms with Crippen LogP contribution in [0.2, 0.25) is 0 Å². The summed E-state index contributed by atoms with van der Waals surface area (Å²) in [6, 6.07) is 0. The quantitative estimate of drug-likeness (QED) is 0.184. The number of esters is 1. The molecule has 0 bridgehead atoms. The van der Waals surface area contributed by atoms with Gasteiger partial charge in [0.2, 0.25) is 0 Å². The van der Waals surface area contributed by atoms with E-state index in [0.717, 1.165) is 54.8 Å². The van der Waals surface area contributed by atoms with Gasteiger partial charge in [-0.25, -0.2) is 0 Å². The van der Waals surface area contributed by atoms with Crippen molar-refractivity contribution >= 4 is 37.8 Å². The van der Waals surface area contributed by atoms with Crippen LogP contribution in [0.15, 0.2) is 0 Å². The standard InChI is InChI=1S/C33H56Br2O2/c1-8-22(4)18-30(36)37-24-14-17-32(7)28-15-16-31(6)26(23(5)11-9-10-21(2)3)12-13-27(31)25(28)19-29(34)33(32,35)20-24/h21-29H,8-20H2,1-7H3/t22-,23+,24-,25+,26-,27+,28+,29+,31-,32-,33-/m1/s1. The normalized spacial score (nSPS) is 45.0. The Bertz CT molecular complexity index is 799. The van der Waals surface area contributed by atoms with Crippen molar-refractivity contribution in [1.82, 2.24) is 0 Å². The molecule has 0 unspecified atom stereocenters. The van der Waals surface area contributed by atoms with Crippen molar-refractivity contribution in [1.29, 1.82) is 0 Å². The summed E-state index contributed by atoms with van der Waals surface area (Å²) >= 11 is 8.62. The molecule has 0 aliphatic heterocycles. The number of rotatable bonds is 9. The van der Waals surface area contributed by atoms with Gasteiger partial charge in [-0.15, -0.1) is 0 Å². The van der Waals surface area contributed by atoms with Crippen molar-refractivity contribution in [3.63, 3.8) is 0 Å². The highest BCUT2D eigenvalue weighted by Gasteiger charge is 2.67. The van der Waals surface area contributed by atoms with Gasteiger partial charge < -0.3 is 4.74 Å². The van der Waals surface area contributed by atoms with Crippen LogP contribution in [0.5, 0.6) is 0 Å². The molecular formula is C33H56Br2O2. The second-order valence-electron chi connectivity index (χ2n) is 15.0. The van der Waals surface area contributed by atoms with Crippen molar-refractivity contribution in [3.8, 4) is 0 Å². The molecule has 0 spiro atoms. The fraction of sp³-hybridized carbons (Fsp3) is 0.970. The molecule has 0 aromatic heterocycles. The molecule has 11 atom stereocenters. The first-order valence-electron chi connectivity index (χ1n) is 15.9. The molecule has 0 amide bonds. The molecule has 2 nitrogen and oxygen atoms in total. The average Bonchev–Trinajstić information content (AvgIpc) is 3.18. The van der Waals surface area contributed by atoms with Gasteiger partial charge in [0.1, 0.15) is 6.10 Å². The van der Waals surface area contributed by atoms with Crippen LogP contribution in [0.25, 0.3) is 0 Å². The van der Waals surface area contributed by atoms with Crippen molar-refractivity contribution < 1.29 is 9.53 Å². The minimum atomic E-state index is 0.00630. The Labute approximate surface area is 245 Å². The van der Waals surface area contributed by atoms with E-state index in [4.69, 9.17) is 4.74 Å². The Kier molecular flexibility index (Phi) is 9.64. The van der Waals surface area contributed by atoms with Crippen LogP contribution in [0.4, 0.5) is 0 Å². The predicted molar refractivity (Wildman–Crippen MR) is 163 cm³/mol. The highest BCUT2D eigenvalue weighted by atomic mass is 79.9. The number of hydrogen-bond acceptors (Lipinski definition) is 2. The Hall–Kier alpha value is 0.430. The first-order chi connectivity index (χ1) is 17.4. The van der Waals surface area contributed by atoms with Crippen LogP contribution in [-0.2, 0) is 9.53 Å². The third-order valence-corrected chi connectivity index (χ3v) is 16.0. The minimum absolute atomic E-state index is 0.00630. The van der Waals surface area contributed by atoms with Crippen molar-refractivity contribution in [2.75, 3.05) is 0 Å². The monoisotopic (exact) mass is 642 g/mol. The van der Waals surface area contributed by atoms with Crippen molar-refractivity contribution in [2.45, 2.75) is 147 Å². The third-order valence-electron chi connectivity index (χ3n) is 12.4. The molecule has 4 aliphatic carbocycles. The molecule has 4 aliphatic rings. The van der Waals surface area contributed by atoms with E-state index >= 15 is 0 Å². The molecule has 4 saturated carbocycles. The van der Waals surface area contributed by atoms with Gasteiger partial charge in [0, 0.05) is 22.0 Å². The predicted octanol–water partition coefficient (Wildman–Crippen LogP) is 10.3. The van der Waals surface area contributed by atoms with Crippen molar-refractivity contribution in [2.24, 2.45) is 52.3 Å². The maximum atomic E-state index is 12.6. The molecule has 0 aromatic carbocycles. The topological polar surface area (TPSA) is 26.3 Å². The highest BCUT2D eigenvalue weighted by Crippen LogP contribution is 2.71. The van der Waals surface area contributed by atoms with E-state index in [-0.39, 0.29) is 21.8 Å².